The maximum Gasteiger partial charge on any atom is 0.292 e. The molecule has 0 N–H and O–H groups in total. The molecule has 1 unspecified atom stereocenters. The average Bonchev–Trinajstić information content (AvgIpc) is 3.19. The van der Waals surface area contributed by atoms with Crippen LogP contribution in [0, 0.1) is 5.92 Å². The Labute approximate surface area is 170 Å². The van der Waals surface area contributed by atoms with Gasteiger partial charge < -0.3 is 4.74 Å². The Kier molecular flexibility index (Phi) is 6.34. The quantitative estimate of drug-likeness (QED) is 0.739. The summed E-state index contributed by atoms with van der Waals surface area (Å²) in [7, 11) is 0. The molecular weight excluding hydrogens is 374 g/mol. The molecule has 4 rings (SSSR count). The van der Waals surface area contributed by atoms with Crippen molar-refractivity contribution in [3.63, 3.8) is 0 Å². The highest BCUT2D eigenvalue weighted by Crippen LogP contribution is 2.25. The molecule has 1 fully saturated rings. The van der Waals surface area contributed by atoms with Gasteiger partial charge >= 0.3 is 0 Å². The number of benzene rings is 1. The molecule has 7 heteroatoms. The number of aromatic nitrogens is 1. The number of halogens is 2. The molecule has 2 aromatic rings. The average molecular weight is 400 g/mol. The second-order valence-corrected chi connectivity index (χ2v) is 7.61. The number of amidine groups is 1. The highest BCUT2D eigenvalue weighted by molar-refractivity contribution is 5.93. The van der Waals surface area contributed by atoms with Crippen molar-refractivity contribution in [2.75, 3.05) is 31.1 Å². The summed E-state index contributed by atoms with van der Waals surface area (Å²) >= 11 is 0. The number of likely N-dealkylation sites (tertiary alicyclic amines) is 1. The van der Waals surface area contributed by atoms with Crippen molar-refractivity contribution in [2.45, 2.75) is 31.9 Å². The lowest BCUT2D eigenvalue weighted by atomic mass is 9.98. The van der Waals surface area contributed by atoms with Gasteiger partial charge in [0.2, 0.25) is 0 Å². The molecule has 0 radical (unpaired) electrons. The Morgan fingerprint density at radius 1 is 1.03 bits per heavy atom. The van der Waals surface area contributed by atoms with E-state index in [-0.39, 0.29) is 6.54 Å². The predicted molar refractivity (Wildman–Crippen MR) is 109 cm³/mol. The van der Waals surface area contributed by atoms with Crippen LogP contribution in [-0.2, 0) is 11.3 Å². The summed E-state index contributed by atoms with van der Waals surface area (Å²) in [6.07, 6.45) is 1.37. The third kappa shape index (κ3) is 5.09. The Bertz CT molecular complexity index is 795. The van der Waals surface area contributed by atoms with Gasteiger partial charge in [0.15, 0.2) is 0 Å². The number of pyridine rings is 1. The third-order valence-corrected chi connectivity index (χ3v) is 5.50. The Balaban J connectivity index is 1.30. The van der Waals surface area contributed by atoms with E-state index in [1.165, 1.54) is 0 Å². The summed E-state index contributed by atoms with van der Waals surface area (Å²) < 4.78 is 32.4. The molecule has 1 atom stereocenters. The molecule has 2 aliphatic rings. The van der Waals surface area contributed by atoms with Crippen LogP contribution in [-0.4, -0.2) is 54.6 Å². The maximum atomic E-state index is 13.2. The molecule has 0 saturated carbocycles. The lowest BCUT2D eigenvalue weighted by molar-refractivity contribution is 0.121. The van der Waals surface area contributed by atoms with E-state index < -0.39 is 12.5 Å². The van der Waals surface area contributed by atoms with Crippen molar-refractivity contribution in [1.82, 2.24) is 9.88 Å². The molecular formula is C22H26F2N4O. The molecule has 29 heavy (non-hydrogen) atoms. The lowest BCUT2D eigenvalue weighted by Crippen LogP contribution is -2.37. The van der Waals surface area contributed by atoms with Crippen molar-refractivity contribution in [1.29, 1.82) is 0 Å². The summed E-state index contributed by atoms with van der Waals surface area (Å²) in [5.74, 6) is 0.404. The minimum atomic E-state index is -2.49. The summed E-state index contributed by atoms with van der Waals surface area (Å²) in [4.78, 5) is 12.7. The summed E-state index contributed by atoms with van der Waals surface area (Å²) in [6.45, 7) is 3.49. The second kappa shape index (κ2) is 9.31. The molecule has 0 amide bonds. The SMILES string of the molecule is FC(F)C1CN(c2ccccc2)C(OCC2CCN(Cc3ccccn3)CC2)=N1. The van der Waals surface area contributed by atoms with Gasteiger partial charge in [-0.05, 0) is 56.1 Å². The van der Waals surface area contributed by atoms with Gasteiger partial charge in [0.05, 0.1) is 18.8 Å². The third-order valence-electron chi connectivity index (χ3n) is 5.50. The molecule has 0 spiro atoms. The number of ether oxygens (including phenoxy) is 1. The number of alkyl halides is 2. The molecule has 1 saturated heterocycles. The molecule has 5 nitrogen and oxygen atoms in total. The van der Waals surface area contributed by atoms with Gasteiger partial charge in [0.25, 0.3) is 12.4 Å². The molecule has 2 aliphatic heterocycles. The topological polar surface area (TPSA) is 41.0 Å². The number of hydrogen-bond donors (Lipinski definition) is 0. The van der Waals surface area contributed by atoms with E-state index in [0.29, 0.717) is 18.5 Å². The van der Waals surface area contributed by atoms with Gasteiger partial charge in [-0.1, -0.05) is 24.3 Å². The van der Waals surface area contributed by atoms with Crippen LogP contribution in [0.2, 0.25) is 0 Å². The van der Waals surface area contributed by atoms with Crippen molar-refractivity contribution in [2.24, 2.45) is 10.9 Å². The Morgan fingerprint density at radius 2 is 1.79 bits per heavy atom. The van der Waals surface area contributed by atoms with Crippen molar-refractivity contribution in [3.8, 4) is 0 Å². The van der Waals surface area contributed by atoms with Gasteiger partial charge in [-0.25, -0.2) is 13.8 Å². The van der Waals surface area contributed by atoms with Crippen LogP contribution in [0.15, 0.2) is 59.7 Å². The summed E-state index contributed by atoms with van der Waals surface area (Å²) in [5.41, 5.74) is 1.92. The smallest absolute Gasteiger partial charge is 0.292 e. The van der Waals surface area contributed by atoms with Crippen LogP contribution >= 0.6 is 0 Å². The minimum absolute atomic E-state index is 0.152. The first-order valence-corrected chi connectivity index (χ1v) is 10.1. The van der Waals surface area contributed by atoms with E-state index in [0.717, 1.165) is 43.9 Å². The van der Waals surface area contributed by atoms with E-state index in [2.05, 4.69) is 14.9 Å². The number of anilines is 1. The number of piperidine rings is 1. The molecule has 0 bridgehead atoms. The fraction of sp³-hybridized carbons (Fsp3) is 0.455. The Morgan fingerprint density at radius 3 is 2.48 bits per heavy atom. The number of nitrogens with zero attached hydrogens (tertiary/aromatic N) is 4. The zero-order chi connectivity index (χ0) is 20.1. The zero-order valence-corrected chi connectivity index (χ0v) is 16.3. The van der Waals surface area contributed by atoms with E-state index in [4.69, 9.17) is 4.74 Å². The van der Waals surface area contributed by atoms with Crippen molar-refractivity contribution in [3.05, 3.63) is 60.4 Å². The van der Waals surface area contributed by atoms with Gasteiger partial charge in [-0.15, -0.1) is 0 Å². The zero-order valence-electron chi connectivity index (χ0n) is 16.3. The highest BCUT2D eigenvalue weighted by Gasteiger charge is 2.34. The fourth-order valence-electron chi connectivity index (χ4n) is 3.82. The van der Waals surface area contributed by atoms with E-state index in [9.17, 15) is 8.78 Å². The highest BCUT2D eigenvalue weighted by atomic mass is 19.3. The van der Waals surface area contributed by atoms with Crippen LogP contribution in [0.1, 0.15) is 18.5 Å². The van der Waals surface area contributed by atoms with Crippen LogP contribution in [0.4, 0.5) is 14.5 Å². The van der Waals surface area contributed by atoms with Crippen LogP contribution in [0.25, 0.3) is 0 Å². The van der Waals surface area contributed by atoms with Gasteiger partial charge in [0, 0.05) is 18.4 Å². The maximum absolute atomic E-state index is 13.2. The molecule has 154 valence electrons. The first kappa shape index (κ1) is 19.8. The summed E-state index contributed by atoms with van der Waals surface area (Å²) in [5, 5.41) is 0. The van der Waals surface area contributed by atoms with E-state index in [1.54, 1.807) is 4.90 Å². The van der Waals surface area contributed by atoms with Crippen LogP contribution in [0.3, 0.4) is 0 Å². The molecule has 0 aliphatic carbocycles. The van der Waals surface area contributed by atoms with Gasteiger partial charge in [-0.3, -0.25) is 14.8 Å². The normalized spacial score (nSPS) is 20.9. The predicted octanol–water partition coefficient (Wildman–Crippen LogP) is 3.82. The number of aliphatic imine (C=N–C) groups is 1. The monoisotopic (exact) mass is 400 g/mol. The first-order chi connectivity index (χ1) is 14.2. The summed E-state index contributed by atoms with van der Waals surface area (Å²) in [6, 6.07) is 14.7. The number of para-hydroxylation sites is 1. The first-order valence-electron chi connectivity index (χ1n) is 10.1. The second-order valence-electron chi connectivity index (χ2n) is 7.61. The van der Waals surface area contributed by atoms with E-state index in [1.807, 2.05) is 54.7 Å². The van der Waals surface area contributed by atoms with Crippen LogP contribution < -0.4 is 4.90 Å². The fourth-order valence-corrected chi connectivity index (χ4v) is 3.82. The minimum Gasteiger partial charge on any atom is -0.465 e. The standard InChI is InChI=1S/C22H26F2N4O/c23-21(24)20-15-28(19-7-2-1-3-8-19)22(26-20)29-16-17-9-12-27(13-10-17)14-18-6-4-5-11-25-18/h1-8,11,17,20-21H,9-10,12-16H2. The lowest BCUT2D eigenvalue weighted by Gasteiger charge is -2.32. The number of hydrogen-bond acceptors (Lipinski definition) is 5. The van der Waals surface area contributed by atoms with Crippen molar-refractivity contribution >= 4 is 11.7 Å². The Hall–Kier alpha value is -2.54. The molecule has 1 aromatic heterocycles. The number of rotatable bonds is 6. The van der Waals surface area contributed by atoms with Gasteiger partial charge in [0.1, 0.15) is 6.04 Å². The van der Waals surface area contributed by atoms with Crippen LogP contribution in [0.5, 0.6) is 0 Å². The molecule has 1 aromatic carbocycles. The van der Waals surface area contributed by atoms with Crippen molar-refractivity contribution < 1.29 is 13.5 Å². The molecule has 3 heterocycles. The van der Waals surface area contributed by atoms with E-state index >= 15 is 0 Å². The largest absolute Gasteiger partial charge is 0.465 e. The van der Waals surface area contributed by atoms with Gasteiger partial charge in [-0.2, -0.15) is 0 Å².